The Labute approximate surface area is 389 Å². The molecule has 0 atom stereocenters. The Bertz CT molecular complexity index is 3430. The van der Waals surface area contributed by atoms with Crippen molar-refractivity contribution in [3.63, 3.8) is 0 Å². The third-order valence-electron chi connectivity index (χ3n) is 15.2. The lowest BCUT2D eigenvalue weighted by atomic mass is 9.63. The average molecular weight is 848 g/mol. The van der Waals surface area contributed by atoms with Crippen molar-refractivity contribution in [3.8, 4) is 33.4 Å². The van der Waals surface area contributed by atoms with Gasteiger partial charge in [-0.25, -0.2) is 0 Å². The molecule has 0 unspecified atom stereocenters. The van der Waals surface area contributed by atoms with Crippen LogP contribution in [-0.4, -0.2) is 0 Å². The van der Waals surface area contributed by atoms with Gasteiger partial charge >= 0.3 is 0 Å². The molecule has 1 heteroatoms. The Hall–Kier alpha value is -7.48. The molecular weight excluding hydrogens is 795 g/mol. The summed E-state index contributed by atoms with van der Waals surface area (Å²) in [6.07, 6.45) is 2.34. The van der Waals surface area contributed by atoms with Crippen LogP contribution in [0.25, 0.3) is 54.9 Å². The van der Waals surface area contributed by atoms with Gasteiger partial charge in [-0.1, -0.05) is 210 Å². The first-order valence-corrected chi connectivity index (χ1v) is 23.6. The molecule has 12 rings (SSSR count). The van der Waals surface area contributed by atoms with Gasteiger partial charge in [0.15, 0.2) is 0 Å². The van der Waals surface area contributed by atoms with Crippen LogP contribution in [0.3, 0.4) is 0 Å². The van der Waals surface area contributed by atoms with Crippen LogP contribution in [0.15, 0.2) is 224 Å². The zero-order chi connectivity index (χ0) is 44.6. The van der Waals surface area contributed by atoms with Crippen LogP contribution in [0.1, 0.15) is 73.9 Å². The van der Waals surface area contributed by atoms with Crippen molar-refractivity contribution in [2.45, 2.75) is 56.8 Å². The molecule has 10 aromatic rings. The second kappa shape index (κ2) is 15.3. The van der Waals surface area contributed by atoms with Gasteiger partial charge in [-0.05, 0) is 149 Å². The zero-order valence-electron chi connectivity index (χ0n) is 38.2. The molecule has 0 saturated heterocycles. The van der Waals surface area contributed by atoms with E-state index >= 15 is 0 Å². The molecule has 0 amide bonds. The lowest BCUT2D eigenvalue weighted by molar-refractivity contribution is 0.332. The van der Waals surface area contributed by atoms with Crippen molar-refractivity contribution in [2.75, 3.05) is 4.90 Å². The minimum Gasteiger partial charge on any atom is -0.310 e. The number of para-hydroxylation sites is 1. The van der Waals surface area contributed by atoms with E-state index in [0.717, 1.165) is 23.5 Å². The highest BCUT2D eigenvalue weighted by atomic mass is 15.1. The maximum absolute atomic E-state index is 2.56. The van der Waals surface area contributed by atoms with E-state index in [1.807, 2.05) is 0 Å². The summed E-state index contributed by atoms with van der Waals surface area (Å²) in [5.41, 5.74) is 18.5. The summed E-state index contributed by atoms with van der Waals surface area (Å²) < 4.78 is 0. The number of anilines is 3. The summed E-state index contributed by atoms with van der Waals surface area (Å²) >= 11 is 0. The maximum Gasteiger partial charge on any atom is 0.0714 e. The first-order chi connectivity index (χ1) is 32.2. The molecule has 2 aliphatic rings. The van der Waals surface area contributed by atoms with Crippen LogP contribution in [0, 0.1) is 0 Å². The summed E-state index contributed by atoms with van der Waals surface area (Å²) in [5, 5.41) is 5.05. The van der Waals surface area contributed by atoms with Crippen LogP contribution >= 0.6 is 0 Å². The van der Waals surface area contributed by atoms with Crippen molar-refractivity contribution >= 4 is 38.6 Å². The van der Waals surface area contributed by atoms with Gasteiger partial charge in [0.25, 0.3) is 0 Å². The Morgan fingerprint density at radius 1 is 0.333 bits per heavy atom. The van der Waals surface area contributed by atoms with Crippen LogP contribution in [0.4, 0.5) is 17.1 Å². The molecule has 0 radical (unpaired) electrons. The molecule has 0 aliphatic heterocycles. The third-order valence-corrected chi connectivity index (χ3v) is 15.2. The summed E-state index contributed by atoms with van der Waals surface area (Å²) in [7, 11) is 0. The highest BCUT2D eigenvalue weighted by Crippen LogP contribution is 2.59. The van der Waals surface area contributed by atoms with E-state index in [9.17, 15) is 0 Å². The molecular formula is C65H53N. The molecule has 1 nitrogen and oxygen atoms in total. The zero-order valence-corrected chi connectivity index (χ0v) is 38.2. The van der Waals surface area contributed by atoms with Gasteiger partial charge in [0.2, 0.25) is 0 Å². The average Bonchev–Trinajstić information content (AvgIpc) is 3.66. The Kier molecular flexibility index (Phi) is 9.30. The monoisotopic (exact) mass is 847 g/mol. The van der Waals surface area contributed by atoms with Gasteiger partial charge in [0.05, 0.1) is 11.1 Å². The second-order valence-corrected chi connectivity index (χ2v) is 19.9. The lowest BCUT2D eigenvalue weighted by Gasteiger charge is -2.42. The van der Waals surface area contributed by atoms with E-state index < -0.39 is 5.41 Å². The molecule has 0 N–H and O–H groups in total. The molecule has 0 bridgehead atoms. The van der Waals surface area contributed by atoms with E-state index in [-0.39, 0.29) is 10.8 Å². The first-order valence-electron chi connectivity index (χ1n) is 23.6. The quantitative estimate of drug-likeness (QED) is 0.144. The van der Waals surface area contributed by atoms with E-state index in [4.69, 9.17) is 0 Å². The Morgan fingerprint density at radius 3 is 1.64 bits per heavy atom. The SMILES string of the molecule is CC1(C)CCC(C)(C)c2cc(-c3cc4c(cc3N(c3ccccc3)c3cccc(-c5cc6ccccc6c6ccccc56)c3)C(c3ccccc3)(c3ccccc3)c3ccccc3-4)ccc21. The number of nitrogens with zero attached hydrogens (tertiary/aromatic N) is 1. The smallest absolute Gasteiger partial charge is 0.0714 e. The van der Waals surface area contributed by atoms with E-state index in [1.165, 1.54) is 94.7 Å². The largest absolute Gasteiger partial charge is 0.310 e. The molecule has 10 aromatic carbocycles. The molecule has 0 spiro atoms. The van der Waals surface area contributed by atoms with Gasteiger partial charge in [-0.2, -0.15) is 0 Å². The predicted molar refractivity (Wildman–Crippen MR) is 280 cm³/mol. The Morgan fingerprint density at radius 2 is 0.909 bits per heavy atom. The van der Waals surface area contributed by atoms with Gasteiger partial charge < -0.3 is 4.90 Å². The number of rotatable bonds is 7. The van der Waals surface area contributed by atoms with Crippen molar-refractivity contribution in [1.82, 2.24) is 0 Å². The van der Waals surface area contributed by atoms with Gasteiger partial charge in [-0.3, -0.25) is 0 Å². The predicted octanol–water partition coefficient (Wildman–Crippen LogP) is 17.5. The topological polar surface area (TPSA) is 3.24 Å². The summed E-state index contributed by atoms with van der Waals surface area (Å²) in [5.74, 6) is 0. The fraction of sp³-hybridized carbons (Fsp3) is 0.138. The number of benzene rings is 10. The maximum atomic E-state index is 2.56. The first kappa shape index (κ1) is 40.1. The molecule has 0 fully saturated rings. The minimum absolute atomic E-state index is 0.0518. The van der Waals surface area contributed by atoms with Crippen molar-refractivity contribution in [1.29, 1.82) is 0 Å². The molecule has 0 aromatic heterocycles. The lowest BCUT2D eigenvalue weighted by Crippen LogP contribution is -2.33. The molecule has 2 aliphatic carbocycles. The van der Waals surface area contributed by atoms with Gasteiger partial charge in [0.1, 0.15) is 0 Å². The fourth-order valence-electron chi connectivity index (χ4n) is 11.8. The molecule has 0 saturated carbocycles. The van der Waals surface area contributed by atoms with Crippen molar-refractivity contribution < 1.29 is 0 Å². The second-order valence-electron chi connectivity index (χ2n) is 19.9. The molecule has 318 valence electrons. The highest BCUT2D eigenvalue weighted by Gasteiger charge is 2.47. The van der Waals surface area contributed by atoms with E-state index in [2.05, 4.69) is 257 Å². The molecule has 0 heterocycles. The van der Waals surface area contributed by atoms with Crippen LogP contribution in [0.2, 0.25) is 0 Å². The number of hydrogen-bond donors (Lipinski definition) is 0. The van der Waals surface area contributed by atoms with E-state index in [1.54, 1.807) is 0 Å². The summed E-state index contributed by atoms with van der Waals surface area (Å²) in [6, 6.07) is 84.3. The standard InChI is InChI=1S/C65H53N/c1-63(2)37-38-64(3,4)61-41-46(35-36-59(61)63)56-42-57-54-33-18-19-34-58(54)65(47-23-8-5-9-24-47,48-25-10-6-11-26-48)60(57)43-62(56)66(49-27-12-7-13-28-49)50-29-20-22-44(39-50)55-40-45-21-14-15-30-51(45)52-31-16-17-32-53(52)55/h5-36,39-43H,37-38H2,1-4H3. The third kappa shape index (κ3) is 6.21. The minimum atomic E-state index is -0.558. The van der Waals surface area contributed by atoms with Crippen LogP contribution in [-0.2, 0) is 16.2 Å². The number of hydrogen-bond acceptors (Lipinski definition) is 1. The number of fused-ring (bicyclic) bond motifs is 7. The summed E-state index contributed by atoms with van der Waals surface area (Å²) in [4.78, 5) is 2.53. The van der Waals surface area contributed by atoms with Crippen molar-refractivity contribution in [2.24, 2.45) is 0 Å². The van der Waals surface area contributed by atoms with Crippen molar-refractivity contribution in [3.05, 3.63) is 258 Å². The normalized spacial score (nSPS) is 15.2. The van der Waals surface area contributed by atoms with Crippen LogP contribution < -0.4 is 4.90 Å². The van der Waals surface area contributed by atoms with Crippen LogP contribution in [0.5, 0.6) is 0 Å². The van der Waals surface area contributed by atoms with E-state index in [0.29, 0.717) is 0 Å². The Balaban J connectivity index is 1.18. The van der Waals surface area contributed by atoms with Gasteiger partial charge in [-0.15, -0.1) is 0 Å². The molecule has 66 heavy (non-hydrogen) atoms. The van der Waals surface area contributed by atoms with Gasteiger partial charge in [0, 0.05) is 16.9 Å². The fourth-order valence-corrected chi connectivity index (χ4v) is 11.8. The summed E-state index contributed by atoms with van der Waals surface area (Å²) in [6.45, 7) is 9.73. The highest BCUT2D eigenvalue weighted by molar-refractivity contribution is 6.14.